The summed E-state index contributed by atoms with van der Waals surface area (Å²) in [7, 11) is -3.03. The summed E-state index contributed by atoms with van der Waals surface area (Å²) in [6.07, 6.45) is -1.48. The maximum atomic E-state index is 12.0. The fourth-order valence-electron chi connectivity index (χ4n) is 0.974. The molecule has 0 aliphatic carbocycles. The van der Waals surface area contributed by atoms with Gasteiger partial charge in [-0.3, -0.25) is 23.5 Å². The minimum absolute atomic E-state index is 0.0611. The first kappa shape index (κ1) is 18.0. The fourth-order valence-corrected chi connectivity index (χ4v) is 2.22. The molecule has 2 atom stereocenters. The van der Waals surface area contributed by atoms with Crippen molar-refractivity contribution in [2.45, 2.75) is 26.1 Å². The Balaban J connectivity index is 4.53. The van der Waals surface area contributed by atoms with E-state index in [9.17, 15) is 19.4 Å². The van der Waals surface area contributed by atoms with Gasteiger partial charge in [0.05, 0.1) is 12.7 Å². The summed E-state index contributed by atoms with van der Waals surface area (Å²) in [5, 5.41) is 11.2. The number of ether oxygens (including phenoxy) is 2. The van der Waals surface area contributed by atoms with E-state index in [2.05, 4.69) is 9.47 Å². The van der Waals surface area contributed by atoms with Crippen molar-refractivity contribution in [2.24, 2.45) is 0 Å². The lowest BCUT2D eigenvalue weighted by Crippen LogP contribution is -2.26. The lowest BCUT2D eigenvalue weighted by atomic mass is 10.4. The predicted octanol–water partition coefficient (Wildman–Crippen LogP) is 0.680. The van der Waals surface area contributed by atoms with E-state index in [1.807, 2.05) is 0 Å². The molecule has 0 saturated heterocycles. The van der Waals surface area contributed by atoms with Crippen LogP contribution in [0, 0.1) is 5.21 Å². The average Bonchev–Trinajstić information content (AvgIpc) is 2.31. The van der Waals surface area contributed by atoms with Gasteiger partial charge in [0.1, 0.15) is 6.61 Å². The Labute approximate surface area is 110 Å². The van der Waals surface area contributed by atoms with Gasteiger partial charge in [0.25, 0.3) is 12.9 Å². The number of rotatable bonds is 11. The van der Waals surface area contributed by atoms with Crippen LogP contribution in [0.2, 0.25) is 0 Å². The maximum Gasteiger partial charge on any atom is 0.396 e. The zero-order valence-corrected chi connectivity index (χ0v) is 11.8. The first-order valence-electron chi connectivity index (χ1n) is 5.34. The van der Waals surface area contributed by atoms with Gasteiger partial charge in [-0.25, -0.2) is 4.57 Å². The van der Waals surface area contributed by atoms with Crippen molar-refractivity contribution in [1.82, 2.24) is 4.83 Å². The van der Waals surface area contributed by atoms with E-state index < -0.39 is 26.6 Å². The van der Waals surface area contributed by atoms with Crippen molar-refractivity contribution in [3.8, 4) is 0 Å². The molecule has 0 aromatic heterocycles. The molecule has 10 heteroatoms. The predicted molar refractivity (Wildman–Crippen MR) is 63.9 cm³/mol. The number of hydrogen-bond donors (Lipinski definition) is 0. The quantitative estimate of drug-likeness (QED) is 0.308. The highest BCUT2D eigenvalue weighted by atomic mass is 31.2. The summed E-state index contributed by atoms with van der Waals surface area (Å²) < 4.78 is 30.8. The van der Waals surface area contributed by atoms with Crippen molar-refractivity contribution in [3.63, 3.8) is 0 Å². The van der Waals surface area contributed by atoms with Gasteiger partial charge in [-0.15, -0.1) is 0 Å². The summed E-state index contributed by atoms with van der Waals surface area (Å²) >= 11 is 0. The Morgan fingerprint density at radius 3 is 2.32 bits per heavy atom. The van der Waals surface area contributed by atoms with E-state index in [4.69, 9.17) is 9.05 Å². The third kappa shape index (κ3) is 7.24. The second-order valence-corrected chi connectivity index (χ2v) is 5.64. The Morgan fingerprint density at radius 1 is 1.26 bits per heavy atom. The van der Waals surface area contributed by atoms with Crippen LogP contribution in [-0.4, -0.2) is 50.2 Å². The molecule has 0 saturated carbocycles. The number of carbonyl (C=O) groups excluding carboxylic acids is 2. The van der Waals surface area contributed by atoms with E-state index in [1.165, 1.54) is 0 Å². The minimum Gasteiger partial charge on any atom is -0.777 e. The molecule has 0 aromatic carbocycles. The average molecular weight is 298 g/mol. The van der Waals surface area contributed by atoms with Crippen molar-refractivity contribution >= 4 is 20.7 Å². The third-order valence-corrected chi connectivity index (χ3v) is 3.56. The van der Waals surface area contributed by atoms with Crippen LogP contribution in [0.3, 0.4) is 0 Å². The molecule has 0 aliphatic rings. The molecule has 0 radical (unpaired) electrons. The second-order valence-electron chi connectivity index (χ2n) is 3.67. The maximum absolute atomic E-state index is 12.0. The summed E-state index contributed by atoms with van der Waals surface area (Å²) in [6.45, 7) is 2.74. The summed E-state index contributed by atoms with van der Waals surface area (Å²) in [5.41, 5.74) is 0. The zero-order valence-electron chi connectivity index (χ0n) is 10.9. The third-order valence-electron chi connectivity index (χ3n) is 1.71. The van der Waals surface area contributed by atoms with Gasteiger partial charge in [-0.1, -0.05) is 0 Å². The Morgan fingerprint density at radius 2 is 1.89 bits per heavy atom. The SMILES string of the molecule is CC(C)OP(=O)(OCC(COC=O)OC=O)N(C)[O-]. The number of nitrogens with zero attached hydrogens (tertiary/aromatic N) is 1. The van der Waals surface area contributed by atoms with Crippen molar-refractivity contribution in [2.75, 3.05) is 20.3 Å². The van der Waals surface area contributed by atoms with Crippen LogP contribution in [0.25, 0.3) is 0 Å². The summed E-state index contributed by atoms with van der Waals surface area (Å²) in [4.78, 5) is 20.3. The molecule has 0 amide bonds. The summed E-state index contributed by atoms with van der Waals surface area (Å²) in [6, 6.07) is 0. The van der Waals surface area contributed by atoms with E-state index >= 15 is 0 Å². The largest absolute Gasteiger partial charge is 0.777 e. The molecule has 0 aliphatic heterocycles. The molecule has 112 valence electrons. The van der Waals surface area contributed by atoms with Gasteiger partial charge >= 0.3 is 7.75 Å². The molecular weight excluding hydrogens is 281 g/mol. The Hall–Kier alpha value is -0.990. The Bertz CT molecular complexity index is 321. The van der Waals surface area contributed by atoms with Crippen molar-refractivity contribution in [3.05, 3.63) is 5.21 Å². The molecule has 9 nitrogen and oxygen atoms in total. The molecule has 0 aromatic rings. The molecule has 2 unspecified atom stereocenters. The highest BCUT2D eigenvalue weighted by Gasteiger charge is 2.28. The first-order chi connectivity index (χ1) is 8.85. The molecule has 0 spiro atoms. The van der Waals surface area contributed by atoms with Gasteiger partial charge < -0.3 is 14.7 Å². The molecule has 0 rings (SSSR count). The molecule has 0 heterocycles. The number of hydroxylamine groups is 1. The fraction of sp³-hybridized carbons (Fsp3) is 0.778. The van der Waals surface area contributed by atoms with Crippen LogP contribution in [0.15, 0.2) is 0 Å². The van der Waals surface area contributed by atoms with Crippen LogP contribution in [0.4, 0.5) is 0 Å². The van der Waals surface area contributed by atoms with Crippen LogP contribution >= 0.6 is 7.75 Å². The van der Waals surface area contributed by atoms with Crippen LogP contribution in [0.1, 0.15) is 13.8 Å². The smallest absolute Gasteiger partial charge is 0.396 e. The van der Waals surface area contributed by atoms with Gasteiger partial charge in [0.15, 0.2) is 6.10 Å². The molecule has 0 bridgehead atoms. The van der Waals surface area contributed by atoms with Crippen LogP contribution < -0.4 is 0 Å². The molecule has 0 fully saturated rings. The monoisotopic (exact) mass is 298 g/mol. The normalized spacial score (nSPS) is 15.9. The lowest BCUT2D eigenvalue weighted by Gasteiger charge is -2.32. The van der Waals surface area contributed by atoms with E-state index in [-0.39, 0.29) is 24.4 Å². The highest BCUT2D eigenvalue weighted by molar-refractivity contribution is 7.51. The molecule has 0 N–H and O–H groups in total. The first-order valence-corrected chi connectivity index (χ1v) is 6.84. The highest BCUT2D eigenvalue weighted by Crippen LogP contribution is 2.51. The van der Waals surface area contributed by atoms with Crippen LogP contribution in [-0.2, 0) is 32.7 Å². The molecular formula is C9H17NO8P-. The zero-order chi connectivity index (χ0) is 14.9. The van der Waals surface area contributed by atoms with Gasteiger partial charge in [-0.05, 0) is 20.9 Å². The van der Waals surface area contributed by atoms with Crippen molar-refractivity contribution in [1.29, 1.82) is 0 Å². The van der Waals surface area contributed by atoms with Gasteiger partial charge in [-0.2, -0.15) is 0 Å². The van der Waals surface area contributed by atoms with E-state index in [1.54, 1.807) is 13.8 Å². The summed E-state index contributed by atoms with van der Waals surface area (Å²) in [5.74, 6) is 0. The van der Waals surface area contributed by atoms with Crippen molar-refractivity contribution < 1.29 is 32.7 Å². The van der Waals surface area contributed by atoms with E-state index in [0.717, 1.165) is 7.05 Å². The van der Waals surface area contributed by atoms with Gasteiger partial charge in [0, 0.05) is 0 Å². The van der Waals surface area contributed by atoms with Crippen LogP contribution in [0.5, 0.6) is 0 Å². The lowest BCUT2D eigenvalue weighted by molar-refractivity contribution is -0.144. The standard InChI is InChI=1S/C9H17NO8P/c1-8(2)18-19(14,10(3)13)17-5-9(16-7-12)4-15-6-11/h6-9H,4-5H2,1-3H3/q-1. The minimum atomic E-state index is -4.02. The second kappa shape index (κ2) is 9.00. The topological polar surface area (TPSA) is 114 Å². The molecule has 19 heavy (non-hydrogen) atoms. The Kier molecular flexibility index (Phi) is 8.53. The van der Waals surface area contributed by atoms with Gasteiger partial charge in [0.2, 0.25) is 0 Å². The number of carbonyl (C=O) groups is 2. The van der Waals surface area contributed by atoms with E-state index in [0.29, 0.717) is 0 Å². The number of hydrogen-bond acceptors (Lipinski definition) is 8.